The molecule has 7 nitrogen and oxygen atoms in total. The van der Waals surface area contributed by atoms with E-state index < -0.39 is 11.9 Å². The number of hydrogen-bond acceptors (Lipinski definition) is 6. The molecule has 0 saturated carbocycles. The molecule has 21 heavy (non-hydrogen) atoms. The Hall–Kier alpha value is -2.59. The van der Waals surface area contributed by atoms with Crippen molar-refractivity contribution in [1.82, 2.24) is 0 Å². The van der Waals surface area contributed by atoms with Crippen LogP contribution in [-0.4, -0.2) is 31.1 Å². The Bertz CT molecular complexity index is 564. The maximum atomic E-state index is 11.8. The van der Waals surface area contributed by atoms with Gasteiger partial charge in [0.25, 0.3) is 0 Å². The zero-order valence-corrected chi connectivity index (χ0v) is 11.9. The van der Waals surface area contributed by atoms with Crippen molar-refractivity contribution in [2.75, 3.05) is 18.5 Å². The predicted octanol–water partition coefficient (Wildman–Crippen LogP) is 1.05. The van der Waals surface area contributed by atoms with Gasteiger partial charge in [-0.25, -0.2) is 4.79 Å². The van der Waals surface area contributed by atoms with Gasteiger partial charge in [-0.1, -0.05) is 0 Å². The maximum Gasteiger partial charge on any atom is 0.338 e. The monoisotopic (exact) mass is 291 g/mol. The molecule has 1 aromatic rings. The minimum atomic E-state index is -0.511. The van der Waals surface area contributed by atoms with E-state index in [4.69, 9.17) is 20.5 Å². The Kier molecular flexibility index (Phi) is 6.17. The van der Waals surface area contributed by atoms with E-state index in [-0.39, 0.29) is 30.6 Å². The smallest absolute Gasteiger partial charge is 0.338 e. The van der Waals surface area contributed by atoms with Gasteiger partial charge in [0.2, 0.25) is 5.91 Å². The van der Waals surface area contributed by atoms with Gasteiger partial charge in [-0.05, 0) is 32.0 Å². The minimum absolute atomic E-state index is 0.186. The zero-order valence-electron chi connectivity index (χ0n) is 11.9. The molecule has 0 heterocycles. The summed E-state index contributed by atoms with van der Waals surface area (Å²) in [7, 11) is 0. The molecule has 0 aliphatic carbocycles. The topological polar surface area (TPSA) is 114 Å². The van der Waals surface area contributed by atoms with Crippen molar-refractivity contribution in [2.45, 2.75) is 20.0 Å². The summed E-state index contributed by atoms with van der Waals surface area (Å²) >= 11 is 0. The van der Waals surface area contributed by atoms with Gasteiger partial charge in [0.15, 0.2) is 6.61 Å². The number of nitrogens with zero attached hydrogens (tertiary/aromatic N) is 1. The molecule has 7 heteroatoms. The van der Waals surface area contributed by atoms with Crippen molar-refractivity contribution in [1.29, 1.82) is 5.26 Å². The molecule has 0 aliphatic heterocycles. The average molecular weight is 291 g/mol. The van der Waals surface area contributed by atoms with Gasteiger partial charge >= 0.3 is 5.97 Å². The normalized spacial score (nSPS) is 9.86. The summed E-state index contributed by atoms with van der Waals surface area (Å²) in [6.45, 7) is 3.07. The molecule has 0 unspecified atom stereocenters. The Morgan fingerprint density at radius 2 is 2.14 bits per heavy atom. The molecule has 0 bridgehead atoms. The van der Waals surface area contributed by atoms with Crippen molar-refractivity contribution in [3.05, 3.63) is 23.8 Å². The van der Waals surface area contributed by atoms with Gasteiger partial charge in [0.1, 0.15) is 11.8 Å². The van der Waals surface area contributed by atoms with E-state index in [0.29, 0.717) is 5.69 Å². The molecule has 1 amide bonds. The third kappa shape index (κ3) is 5.12. The molecular formula is C14H17N3O4. The first-order valence-corrected chi connectivity index (χ1v) is 6.32. The average Bonchev–Trinajstić information content (AvgIpc) is 2.45. The lowest BCUT2D eigenvalue weighted by Gasteiger charge is -2.13. The summed E-state index contributed by atoms with van der Waals surface area (Å²) in [5, 5.41) is 11.1. The van der Waals surface area contributed by atoms with Crippen LogP contribution in [0.4, 0.5) is 5.69 Å². The van der Waals surface area contributed by atoms with Gasteiger partial charge < -0.3 is 20.5 Å². The maximum absolute atomic E-state index is 11.8. The highest BCUT2D eigenvalue weighted by molar-refractivity contribution is 5.95. The SMILES string of the molecule is CC(C)OC(=O)c1ccc(NC(=O)CN)c(OCC#N)c1. The van der Waals surface area contributed by atoms with Crippen molar-refractivity contribution in [2.24, 2.45) is 5.73 Å². The molecular weight excluding hydrogens is 274 g/mol. The fraction of sp³-hybridized carbons (Fsp3) is 0.357. The van der Waals surface area contributed by atoms with Crippen LogP contribution < -0.4 is 15.8 Å². The van der Waals surface area contributed by atoms with Crippen LogP contribution in [0.2, 0.25) is 0 Å². The molecule has 3 N–H and O–H groups in total. The predicted molar refractivity (Wildman–Crippen MR) is 75.8 cm³/mol. The number of nitrogens with two attached hydrogens (primary N) is 1. The van der Waals surface area contributed by atoms with Crippen LogP contribution in [-0.2, 0) is 9.53 Å². The van der Waals surface area contributed by atoms with E-state index >= 15 is 0 Å². The number of nitriles is 1. The number of carbonyl (C=O) groups is 2. The summed E-state index contributed by atoms with van der Waals surface area (Å²) in [5.74, 6) is -0.714. The van der Waals surface area contributed by atoms with Crippen LogP contribution in [0.15, 0.2) is 18.2 Å². The Morgan fingerprint density at radius 1 is 1.43 bits per heavy atom. The lowest BCUT2D eigenvalue weighted by Crippen LogP contribution is -2.22. The van der Waals surface area contributed by atoms with Gasteiger partial charge in [0, 0.05) is 0 Å². The number of benzene rings is 1. The van der Waals surface area contributed by atoms with Gasteiger partial charge in [-0.3, -0.25) is 4.79 Å². The van der Waals surface area contributed by atoms with Crippen LogP contribution >= 0.6 is 0 Å². The largest absolute Gasteiger partial charge is 0.477 e. The minimum Gasteiger partial charge on any atom is -0.477 e. The first kappa shape index (κ1) is 16.5. The van der Waals surface area contributed by atoms with E-state index in [9.17, 15) is 9.59 Å². The number of nitrogens with one attached hydrogen (secondary N) is 1. The first-order valence-electron chi connectivity index (χ1n) is 6.32. The summed E-state index contributed by atoms with van der Waals surface area (Å²) in [6, 6.07) is 6.22. The van der Waals surface area contributed by atoms with Gasteiger partial charge in [-0.15, -0.1) is 0 Å². The molecule has 1 rings (SSSR count). The van der Waals surface area contributed by atoms with Crippen LogP contribution in [0.5, 0.6) is 5.75 Å². The Balaban J connectivity index is 3.03. The molecule has 0 atom stereocenters. The molecule has 0 spiro atoms. The number of esters is 1. The molecule has 0 fully saturated rings. The number of rotatable bonds is 6. The Labute approximate surface area is 122 Å². The quantitative estimate of drug-likeness (QED) is 0.757. The van der Waals surface area contributed by atoms with Gasteiger partial charge in [0.05, 0.1) is 23.9 Å². The van der Waals surface area contributed by atoms with Crippen molar-refractivity contribution >= 4 is 17.6 Å². The highest BCUT2D eigenvalue weighted by atomic mass is 16.5. The number of amides is 1. The van der Waals surface area contributed by atoms with Gasteiger partial charge in [-0.2, -0.15) is 5.26 Å². The highest BCUT2D eigenvalue weighted by Crippen LogP contribution is 2.26. The van der Waals surface area contributed by atoms with Crippen LogP contribution in [0, 0.1) is 11.3 Å². The van der Waals surface area contributed by atoms with E-state index in [1.807, 2.05) is 6.07 Å². The van der Waals surface area contributed by atoms with Crippen molar-refractivity contribution < 1.29 is 19.1 Å². The summed E-state index contributed by atoms with van der Waals surface area (Å²) < 4.78 is 10.3. The number of ether oxygens (including phenoxy) is 2. The van der Waals surface area contributed by atoms with E-state index in [1.54, 1.807) is 13.8 Å². The van der Waals surface area contributed by atoms with E-state index in [1.165, 1.54) is 18.2 Å². The van der Waals surface area contributed by atoms with Crippen molar-refractivity contribution in [3.8, 4) is 11.8 Å². The van der Waals surface area contributed by atoms with E-state index in [2.05, 4.69) is 5.32 Å². The molecule has 0 aromatic heterocycles. The first-order chi connectivity index (χ1) is 9.97. The number of anilines is 1. The molecule has 0 radical (unpaired) electrons. The number of hydrogen-bond donors (Lipinski definition) is 2. The second-order valence-corrected chi connectivity index (χ2v) is 4.36. The molecule has 0 aliphatic rings. The fourth-order valence-electron chi connectivity index (χ4n) is 1.47. The standard InChI is InChI=1S/C14H17N3O4/c1-9(2)21-14(19)10-3-4-11(17-13(18)8-16)12(7-10)20-6-5-15/h3-4,7,9H,6,8,16H2,1-2H3,(H,17,18). The van der Waals surface area contributed by atoms with Crippen LogP contribution in [0.3, 0.4) is 0 Å². The van der Waals surface area contributed by atoms with E-state index in [0.717, 1.165) is 0 Å². The highest BCUT2D eigenvalue weighted by Gasteiger charge is 2.14. The van der Waals surface area contributed by atoms with Crippen LogP contribution in [0.1, 0.15) is 24.2 Å². The van der Waals surface area contributed by atoms with Crippen LogP contribution in [0.25, 0.3) is 0 Å². The lowest BCUT2D eigenvalue weighted by molar-refractivity contribution is -0.114. The number of carbonyl (C=O) groups excluding carboxylic acids is 2. The molecule has 1 aromatic carbocycles. The Morgan fingerprint density at radius 3 is 2.71 bits per heavy atom. The third-order valence-corrected chi connectivity index (χ3v) is 2.31. The summed E-state index contributed by atoms with van der Waals surface area (Å²) in [6.07, 6.45) is -0.252. The fourth-order valence-corrected chi connectivity index (χ4v) is 1.47. The summed E-state index contributed by atoms with van der Waals surface area (Å²) in [4.78, 5) is 23.1. The van der Waals surface area contributed by atoms with Crippen molar-refractivity contribution in [3.63, 3.8) is 0 Å². The lowest BCUT2D eigenvalue weighted by atomic mass is 10.2. The third-order valence-electron chi connectivity index (χ3n) is 2.31. The zero-order chi connectivity index (χ0) is 15.8. The summed E-state index contributed by atoms with van der Waals surface area (Å²) in [5.41, 5.74) is 5.82. The molecule has 0 saturated heterocycles. The second kappa shape index (κ2) is 7.87. The molecule has 112 valence electrons. The second-order valence-electron chi connectivity index (χ2n) is 4.36.